The van der Waals surface area contributed by atoms with Crippen LogP contribution in [-0.2, 0) is 0 Å². The van der Waals surface area contributed by atoms with Gasteiger partial charge in [-0.2, -0.15) is 0 Å². The Labute approximate surface area is 119 Å². The third-order valence-electron chi connectivity index (χ3n) is 4.12. The topological polar surface area (TPSA) is 72.8 Å². The number of hydrogen-bond donors (Lipinski definition) is 3. The molecule has 1 aliphatic rings. The SMILES string of the molecule is CN1CCC(C)(CNC(=O)c2c(O)cccc2O)CC1. The van der Waals surface area contributed by atoms with E-state index in [4.69, 9.17) is 0 Å². The van der Waals surface area contributed by atoms with Gasteiger partial charge in [-0.3, -0.25) is 4.79 Å². The lowest BCUT2D eigenvalue weighted by Gasteiger charge is -2.37. The van der Waals surface area contributed by atoms with Crippen molar-refractivity contribution in [3.63, 3.8) is 0 Å². The summed E-state index contributed by atoms with van der Waals surface area (Å²) in [5.74, 6) is -0.826. The lowest BCUT2D eigenvalue weighted by molar-refractivity contribution is 0.0886. The molecule has 20 heavy (non-hydrogen) atoms. The van der Waals surface area contributed by atoms with E-state index in [2.05, 4.69) is 24.2 Å². The van der Waals surface area contributed by atoms with Crippen molar-refractivity contribution in [1.82, 2.24) is 10.2 Å². The van der Waals surface area contributed by atoms with Crippen molar-refractivity contribution < 1.29 is 15.0 Å². The number of benzene rings is 1. The van der Waals surface area contributed by atoms with Crippen LogP contribution in [0, 0.1) is 5.41 Å². The normalized spacial score (nSPS) is 18.7. The van der Waals surface area contributed by atoms with Crippen LogP contribution < -0.4 is 5.32 Å². The van der Waals surface area contributed by atoms with Crippen molar-refractivity contribution in [2.45, 2.75) is 19.8 Å². The predicted octanol–water partition coefficient (Wildman–Crippen LogP) is 1.56. The molecule has 0 bridgehead atoms. The van der Waals surface area contributed by atoms with Gasteiger partial charge in [0.05, 0.1) is 0 Å². The van der Waals surface area contributed by atoms with E-state index >= 15 is 0 Å². The van der Waals surface area contributed by atoms with Gasteiger partial charge in [0.25, 0.3) is 5.91 Å². The van der Waals surface area contributed by atoms with Crippen LogP contribution in [0.25, 0.3) is 0 Å². The second-order valence-corrected chi connectivity index (χ2v) is 5.97. The molecule has 0 atom stereocenters. The molecule has 0 radical (unpaired) electrons. The quantitative estimate of drug-likeness (QED) is 0.784. The van der Waals surface area contributed by atoms with Gasteiger partial charge in [0.2, 0.25) is 0 Å². The Balaban J connectivity index is 1.99. The first-order valence-corrected chi connectivity index (χ1v) is 6.89. The van der Waals surface area contributed by atoms with E-state index in [1.165, 1.54) is 18.2 Å². The van der Waals surface area contributed by atoms with E-state index in [1.807, 2.05) is 0 Å². The molecular formula is C15H22N2O3. The van der Waals surface area contributed by atoms with Crippen LogP contribution in [0.4, 0.5) is 0 Å². The summed E-state index contributed by atoms with van der Waals surface area (Å²) in [5.41, 5.74) is 0.0198. The molecule has 3 N–H and O–H groups in total. The molecule has 1 aliphatic heterocycles. The van der Waals surface area contributed by atoms with E-state index in [9.17, 15) is 15.0 Å². The second-order valence-electron chi connectivity index (χ2n) is 5.97. The fourth-order valence-electron chi connectivity index (χ4n) is 2.48. The highest BCUT2D eigenvalue weighted by Gasteiger charge is 2.29. The van der Waals surface area contributed by atoms with Crippen LogP contribution >= 0.6 is 0 Å². The molecule has 1 fully saturated rings. The number of hydrogen-bond acceptors (Lipinski definition) is 4. The third-order valence-corrected chi connectivity index (χ3v) is 4.12. The summed E-state index contributed by atoms with van der Waals surface area (Å²) < 4.78 is 0. The van der Waals surface area contributed by atoms with Gasteiger partial charge in [0.15, 0.2) is 0 Å². The molecule has 0 unspecified atom stereocenters. The number of likely N-dealkylation sites (tertiary alicyclic amines) is 1. The number of carbonyl (C=O) groups is 1. The second kappa shape index (κ2) is 5.71. The molecule has 0 saturated carbocycles. The lowest BCUT2D eigenvalue weighted by atomic mass is 9.80. The zero-order chi connectivity index (χ0) is 14.8. The highest BCUT2D eigenvalue weighted by atomic mass is 16.3. The Hall–Kier alpha value is -1.75. The summed E-state index contributed by atoms with van der Waals surface area (Å²) >= 11 is 0. The number of phenolic OH excluding ortho intramolecular Hbond substituents is 2. The maximum Gasteiger partial charge on any atom is 0.258 e. The average Bonchev–Trinajstić information content (AvgIpc) is 2.40. The van der Waals surface area contributed by atoms with Gasteiger partial charge in [-0.05, 0) is 50.5 Å². The maximum absolute atomic E-state index is 12.1. The van der Waals surface area contributed by atoms with Crippen molar-refractivity contribution in [3.8, 4) is 11.5 Å². The highest BCUT2D eigenvalue weighted by molar-refractivity contribution is 5.99. The average molecular weight is 278 g/mol. The van der Waals surface area contributed by atoms with Crippen molar-refractivity contribution in [2.24, 2.45) is 5.41 Å². The maximum atomic E-state index is 12.1. The Kier molecular flexibility index (Phi) is 4.18. The summed E-state index contributed by atoms with van der Waals surface area (Å²) in [5, 5.41) is 22.2. The first-order valence-electron chi connectivity index (χ1n) is 6.89. The van der Waals surface area contributed by atoms with Crippen LogP contribution in [0.2, 0.25) is 0 Å². The van der Waals surface area contributed by atoms with E-state index in [0.717, 1.165) is 25.9 Å². The zero-order valence-corrected chi connectivity index (χ0v) is 12.0. The minimum Gasteiger partial charge on any atom is -0.507 e. The molecule has 0 aliphatic carbocycles. The molecule has 1 heterocycles. The molecule has 5 nitrogen and oxygen atoms in total. The van der Waals surface area contributed by atoms with E-state index in [0.29, 0.717) is 6.54 Å². The smallest absolute Gasteiger partial charge is 0.258 e. The molecule has 5 heteroatoms. The number of rotatable bonds is 3. The Morgan fingerprint density at radius 2 is 1.85 bits per heavy atom. The van der Waals surface area contributed by atoms with Gasteiger partial charge in [-0.15, -0.1) is 0 Å². The summed E-state index contributed by atoms with van der Waals surface area (Å²) in [6, 6.07) is 4.29. The third kappa shape index (κ3) is 3.22. The molecule has 1 aromatic rings. The van der Waals surface area contributed by atoms with Gasteiger partial charge in [0.1, 0.15) is 17.1 Å². The van der Waals surface area contributed by atoms with Gasteiger partial charge < -0.3 is 20.4 Å². The molecule has 1 saturated heterocycles. The predicted molar refractivity (Wildman–Crippen MR) is 76.9 cm³/mol. The molecule has 0 aromatic heterocycles. The Bertz CT molecular complexity index is 474. The molecule has 2 rings (SSSR count). The number of aromatic hydroxyl groups is 2. The standard InChI is InChI=1S/C15H22N2O3/c1-15(6-8-17(2)9-7-15)10-16-14(20)13-11(18)4-3-5-12(13)19/h3-5,18-19H,6-10H2,1-2H3,(H,16,20). The number of phenols is 2. The van der Waals surface area contributed by atoms with E-state index < -0.39 is 5.91 Å². The first-order chi connectivity index (χ1) is 9.41. The minimum atomic E-state index is -0.430. The minimum absolute atomic E-state index is 0.0518. The summed E-state index contributed by atoms with van der Waals surface area (Å²) in [4.78, 5) is 14.4. The van der Waals surface area contributed by atoms with Crippen molar-refractivity contribution in [2.75, 3.05) is 26.7 Å². The van der Waals surface area contributed by atoms with E-state index in [-0.39, 0.29) is 22.5 Å². The molecule has 1 aromatic carbocycles. The summed E-state index contributed by atoms with van der Waals surface area (Å²) in [7, 11) is 2.10. The molecular weight excluding hydrogens is 256 g/mol. The highest BCUT2D eigenvalue weighted by Crippen LogP contribution is 2.30. The van der Waals surface area contributed by atoms with Crippen LogP contribution in [0.3, 0.4) is 0 Å². The Morgan fingerprint density at radius 3 is 2.40 bits per heavy atom. The van der Waals surface area contributed by atoms with Gasteiger partial charge in [-0.25, -0.2) is 0 Å². The van der Waals surface area contributed by atoms with Crippen LogP contribution in [-0.4, -0.2) is 47.7 Å². The summed E-state index contributed by atoms with van der Waals surface area (Å²) in [6.07, 6.45) is 2.05. The number of nitrogens with one attached hydrogen (secondary N) is 1. The van der Waals surface area contributed by atoms with Gasteiger partial charge in [0, 0.05) is 6.54 Å². The summed E-state index contributed by atoms with van der Waals surface area (Å²) in [6.45, 7) is 4.75. The number of piperidine rings is 1. The first kappa shape index (κ1) is 14.7. The monoisotopic (exact) mass is 278 g/mol. The fraction of sp³-hybridized carbons (Fsp3) is 0.533. The van der Waals surface area contributed by atoms with Crippen LogP contribution in [0.5, 0.6) is 11.5 Å². The van der Waals surface area contributed by atoms with Crippen molar-refractivity contribution >= 4 is 5.91 Å². The number of carbonyl (C=O) groups excluding carboxylic acids is 1. The largest absolute Gasteiger partial charge is 0.507 e. The number of amides is 1. The van der Waals surface area contributed by atoms with Gasteiger partial charge in [-0.1, -0.05) is 13.0 Å². The molecule has 0 spiro atoms. The molecule has 1 amide bonds. The zero-order valence-electron chi connectivity index (χ0n) is 12.0. The van der Waals surface area contributed by atoms with Crippen molar-refractivity contribution in [3.05, 3.63) is 23.8 Å². The van der Waals surface area contributed by atoms with Crippen molar-refractivity contribution in [1.29, 1.82) is 0 Å². The number of nitrogens with zero attached hydrogens (tertiary/aromatic N) is 1. The van der Waals surface area contributed by atoms with E-state index in [1.54, 1.807) is 0 Å². The van der Waals surface area contributed by atoms with Gasteiger partial charge >= 0.3 is 0 Å². The molecule has 110 valence electrons. The van der Waals surface area contributed by atoms with Crippen LogP contribution in [0.15, 0.2) is 18.2 Å². The Morgan fingerprint density at radius 1 is 1.30 bits per heavy atom. The fourth-order valence-corrected chi connectivity index (χ4v) is 2.48. The lowest BCUT2D eigenvalue weighted by Crippen LogP contribution is -2.43. The van der Waals surface area contributed by atoms with Crippen LogP contribution in [0.1, 0.15) is 30.1 Å².